The number of hydrogen-bond donors (Lipinski definition) is 1. The predicted molar refractivity (Wildman–Crippen MR) is 93.8 cm³/mol. The van der Waals surface area contributed by atoms with Crippen molar-refractivity contribution in [2.24, 2.45) is 0 Å². The van der Waals surface area contributed by atoms with Gasteiger partial charge in [-0.15, -0.1) is 0 Å². The molecule has 2 heteroatoms. The number of unbranched alkanes of at least 4 members (excludes halogenated alkanes) is 1. The van der Waals surface area contributed by atoms with Crippen LogP contribution in [0.1, 0.15) is 64.1 Å². The second-order valence-corrected chi connectivity index (χ2v) is 6.07. The average molecular weight is 290 g/mol. The fourth-order valence-electron chi connectivity index (χ4n) is 2.86. The molecule has 0 aliphatic rings. The van der Waals surface area contributed by atoms with Crippen molar-refractivity contribution in [1.29, 1.82) is 0 Å². The smallest absolute Gasteiger partial charge is 0.0475 e. The van der Waals surface area contributed by atoms with Gasteiger partial charge >= 0.3 is 0 Å². The maximum Gasteiger partial charge on any atom is 0.0475 e. The standard InChI is InChI=1S/C19H34N2/c1-6-9-15-21(8-3)17(5)19(20-14-7-2)18-12-10-16(4)11-13-18/h10-13,17,19-20H,6-9,14-15H2,1-5H3. The predicted octanol–water partition coefficient (Wildman–Crippen LogP) is 4.55. The summed E-state index contributed by atoms with van der Waals surface area (Å²) in [7, 11) is 0. The molecule has 0 saturated carbocycles. The quantitative estimate of drug-likeness (QED) is 0.680. The van der Waals surface area contributed by atoms with Crippen molar-refractivity contribution < 1.29 is 0 Å². The van der Waals surface area contributed by atoms with E-state index < -0.39 is 0 Å². The number of hydrogen-bond acceptors (Lipinski definition) is 2. The molecule has 1 N–H and O–H groups in total. The molecule has 2 unspecified atom stereocenters. The van der Waals surface area contributed by atoms with E-state index in [0.717, 1.165) is 13.1 Å². The Kier molecular flexibility index (Phi) is 8.63. The largest absolute Gasteiger partial charge is 0.309 e. The van der Waals surface area contributed by atoms with Gasteiger partial charge in [-0.05, 0) is 51.9 Å². The number of nitrogens with one attached hydrogen (secondary N) is 1. The Morgan fingerprint density at radius 1 is 1.05 bits per heavy atom. The molecule has 21 heavy (non-hydrogen) atoms. The van der Waals surface area contributed by atoms with Crippen LogP contribution in [0.4, 0.5) is 0 Å². The zero-order valence-electron chi connectivity index (χ0n) is 14.7. The Labute approximate surface area is 131 Å². The monoisotopic (exact) mass is 290 g/mol. The Morgan fingerprint density at radius 2 is 1.71 bits per heavy atom. The van der Waals surface area contributed by atoms with E-state index in [2.05, 4.69) is 69.1 Å². The lowest BCUT2D eigenvalue weighted by atomic mass is 9.97. The molecule has 1 rings (SSSR count). The van der Waals surface area contributed by atoms with Gasteiger partial charge < -0.3 is 5.32 Å². The van der Waals surface area contributed by atoms with Crippen LogP contribution in [-0.2, 0) is 0 Å². The third kappa shape index (κ3) is 5.80. The van der Waals surface area contributed by atoms with Crippen LogP contribution in [0.3, 0.4) is 0 Å². The van der Waals surface area contributed by atoms with Crippen LogP contribution in [0.15, 0.2) is 24.3 Å². The van der Waals surface area contributed by atoms with Crippen LogP contribution in [0.2, 0.25) is 0 Å². The highest BCUT2D eigenvalue weighted by Gasteiger charge is 2.23. The highest BCUT2D eigenvalue weighted by molar-refractivity contribution is 5.25. The average Bonchev–Trinajstić information content (AvgIpc) is 2.50. The molecule has 2 nitrogen and oxygen atoms in total. The van der Waals surface area contributed by atoms with Crippen molar-refractivity contribution in [3.8, 4) is 0 Å². The first-order chi connectivity index (χ1) is 10.1. The van der Waals surface area contributed by atoms with Crippen molar-refractivity contribution in [3.63, 3.8) is 0 Å². The molecule has 0 aromatic heterocycles. The molecule has 0 saturated heterocycles. The van der Waals surface area contributed by atoms with Crippen LogP contribution in [-0.4, -0.2) is 30.6 Å². The molecule has 0 bridgehead atoms. The van der Waals surface area contributed by atoms with Gasteiger partial charge in [0.1, 0.15) is 0 Å². The lowest BCUT2D eigenvalue weighted by Gasteiger charge is -2.35. The summed E-state index contributed by atoms with van der Waals surface area (Å²) in [6, 6.07) is 9.97. The van der Waals surface area contributed by atoms with Crippen molar-refractivity contribution >= 4 is 0 Å². The van der Waals surface area contributed by atoms with E-state index in [1.165, 1.54) is 36.9 Å². The van der Waals surface area contributed by atoms with Gasteiger partial charge in [0.05, 0.1) is 0 Å². The van der Waals surface area contributed by atoms with Crippen molar-refractivity contribution in [2.75, 3.05) is 19.6 Å². The molecule has 1 aromatic carbocycles. The third-order valence-corrected chi connectivity index (χ3v) is 4.31. The Bertz CT molecular complexity index is 372. The zero-order chi connectivity index (χ0) is 15.7. The van der Waals surface area contributed by atoms with Crippen molar-refractivity contribution in [3.05, 3.63) is 35.4 Å². The first-order valence-corrected chi connectivity index (χ1v) is 8.67. The van der Waals surface area contributed by atoms with Crippen LogP contribution in [0, 0.1) is 6.92 Å². The SMILES string of the molecule is CCCCN(CC)C(C)C(NCCC)c1ccc(C)cc1. The van der Waals surface area contributed by atoms with E-state index in [0.29, 0.717) is 12.1 Å². The Hall–Kier alpha value is -0.860. The molecule has 120 valence electrons. The number of benzene rings is 1. The number of likely N-dealkylation sites (N-methyl/N-ethyl adjacent to an activating group) is 1. The van der Waals surface area contributed by atoms with Gasteiger partial charge in [0.2, 0.25) is 0 Å². The van der Waals surface area contributed by atoms with Crippen molar-refractivity contribution in [1.82, 2.24) is 10.2 Å². The molecule has 0 spiro atoms. The summed E-state index contributed by atoms with van der Waals surface area (Å²) in [5.41, 5.74) is 2.75. The summed E-state index contributed by atoms with van der Waals surface area (Å²) in [4.78, 5) is 2.61. The minimum atomic E-state index is 0.419. The Balaban J connectivity index is 2.86. The van der Waals surface area contributed by atoms with E-state index in [-0.39, 0.29) is 0 Å². The molecule has 0 aliphatic carbocycles. The van der Waals surface area contributed by atoms with E-state index in [4.69, 9.17) is 0 Å². The molecule has 2 atom stereocenters. The highest BCUT2D eigenvalue weighted by atomic mass is 15.2. The number of nitrogens with zero attached hydrogens (tertiary/aromatic N) is 1. The van der Waals surface area contributed by atoms with E-state index >= 15 is 0 Å². The van der Waals surface area contributed by atoms with Crippen LogP contribution < -0.4 is 5.32 Å². The van der Waals surface area contributed by atoms with E-state index in [1.807, 2.05) is 0 Å². The van der Waals surface area contributed by atoms with Crippen LogP contribution in [0.25, 0.3) is 0 Å². The third-order valence-electron chi connectivity index (χ3n) is 4.31. The normalized spacial score (nSPS) is 14.4. The zero-order valence-corrected chi connectivity index (χ0v) is 14.7. The number of aryl methyl sites for hydroxylation is 1. The summed E-state index contributed by atoms with van der Waals surface area (Å²) in [5.74, 6) is 0. The molecular formula is C19H34N2. The van der Waals surface area contributed by atoms with Gasteiger partial charge in [0.15, 0.2) is 0 Å². The summed E-state index contributed by atoms with van der Waals surface area (Å²) in [6.45, 7) is 14.7. The molecule has 0 amide bonds. The lowest BCUT2D eigenvalue weighted by molar-refractivity contribution is 0.174. The van der Waals surface area contributed by atoms with Crippen LogP contribution in [0.5, 0.6) is 0 Å². The van der Waals surface area contributed by atoms with Gasteiger partial charge in [0, 0.05) is 12.1 Å². The molecule has 0 heterocycles. The van der Waals surface area contributed by atoms with Gasteiger partial charge in [-0.1, -0.05) is 57.0 Å². The summed E-state index contributed by atoms with van der Waals surface area (Å²) in [6.07, 6.45) is 3.73. The summed E-state index contributed by atoms with van der Waals surface area (Å²) >= 11 is 0. The second-order valence-electron chi connectivity index (χ2n) is 6.07. The topological polar surface area (TPSA) is 15.3 Å². The first kappa shape index (κ1) is 18.2. The first-order valence-electron chi connectivity index (χ1n) is 8.67. The maximum absolute atomic E-state index is 3.75. The van der Waals surface area contributed by atoms with E-state index in [1.54, 1.807) is 0 Å². The maximum atomic E-state index is 3.75. The van der Waals surface area contributed by atoms with Gasteiger partial charge in [0.25, 0.3) is 0 Å². The molecule has 0 fully saturated rings. The molecule has 1 aromatic rings. The summed E-state index contributed by atoms with van der Waals surface area (Å²) < 4.78 is 0. The minimum absolute atomic E-state index is 0.419. The fraction of sp³-hybridized carbons (Fsp3) is 0.684. The second kappa shape index (κ2) is 9.97. The van der Waals surface area contributed by atoms with Crippen LogP contribution >= 0.6 is 0 Å². The molecular weight excluding hydrogens is 256 g/mol. The Morgan fingerprint density at radius 3 is 2.24 bits per heavy atom. The highest BCUT2D eigenvalue weighted by Crippen LogP contribution is 2.22. The van der Waals surface area contributed by atoms with Gasteiger partial charge in [-0.3, -0.25) is 4.90 Å². The fourth-order valence-corrected chi connectivity index (χ4v) is 2.86. The molecule has 0 radical (unpaired) electrons. The number of rotatable bonds is 10. The molecule has 0 aliphatic heterocycles. The van der Waals surface area contributed by atoms with Crippen molar-refractivity contribution in [2.45, 2.75) is 66.0 Å². The lowest BCUT2D eigenvalue weighted by Crippen LogP contribution is -2.43. The van der Waals surface area contributed by atoms with Gasteiger partial charge in [-0.25, -0.2) is 0 Å². The van der Waals surface area contributed by atoms with Gasteiger partial charge in [-0.2, -0.15) is 0 Å². The summed E-state index contributed by atoms with van der Waals surface area (Å²) in [5, 5.41) is 3.75. The van der Waals surface area contributed by atoms with E-state index in [9.17, 15) is 0 Å². The minimum Gasteiger partial charge on any atom is -0.309 e.